The minimum absolute atomic E-state index is 0.179. The highest BCUT2D eigenvalue weighted by Crippen LogP contribution is 2.38. The van der Waals surface area contributed by atoms with Gasteiger partial charge in [0.05, 0.1) is 20.0 Å². The first-order valence-electron chi connectivity index (χ1n) is 7.50. The SMILES string of the molecule is CC(Cl)c1nc2cc(I)c(F)cc2n1C(C)C1CCCC1. The van der Waals surface area contributed by atoms with Gasteiger partial charge >= 0.3 is 0 Å². The second-order valence-corrected chi connectivity index (χ2v) is 7.81. The molecule has 0 saturated heterocycles. The molecule has 3 rings (SSSR count). The van der Waals surface area contributed by atoms with Crippen LogP contribution in [0.25, 0.3) is 11.0 Å². The molecule has 2 aromatic rings. The molecule has 0 amide bonds. The molecule has 2 atom stereocenters. The molecule has 1 aromatic carbocycles. The van der Waals surface area contributed by atoms with Crippen LogP contribution in [0, 0.1) is 15.3 Å². The van der Waals surface area contributed by atoms with E-state index in [2.05, 4.69) is 16.5 Å². The minimum atomic E-state index is -0.184. The minimum Gasteiger partial charge on any atom is -0.324 e. The largest absolute Gasteiger partial charge is 0.324 e. The van der Waals surface area contributed by atoms with E-state index < -0.39 is 0 Å². The molecule has 2 unspecified atom stereocenters. The highest BCUT2D eigenvalue weighted by atomic mass is 127. The van der Waals surface area contributed by atoms with Crippen molar-refractivity contribution in [3.63, 3.8) is 0 Å². The summed E-state index contributed by atoms with van der Waals surface area (Å²) in [7, 11) is 0. The Morgan fingerprint density at radius 3 is 2.62 bits per heavy atom. The lowest BCUT2D eigenvalue weighted by Crippen LogP contribution is -2.17. The van der Waals surface area contributed by atoms with E-state index in [1.165, 1.54) is 25.7 Å². The van der Waals surface area contributed by atoms with Crippen molar-refractivity contribution in [1.29, 1.82) is 0 Å². The molecule has 1 aromatic heterocycles. The van der Waals surface area contributed by atoms with Gasteiger partial charge in [-0.3, -0.25) is 0 Å². The molecule has 0 N–H and O–H groups in total. The Kier molecular flexibility index (Phi) is 4.46. The van der Waals surface area contributed by atoms with Gasteiger partial charge in [-0.25, -0.2) is 9.37 Å². The molecular weight excluding hydrogens is 402 g/mol. The fourth-order valence-corrected chi connectivity index (χ4v) is 4.07. The summed E-state index contributed by atoms with van der Waals surface area (Å²) in [5.74, 6) is 1.31. The van der Waals surface area contributed by atoms with Gasteiger partial charge in [0, 0.05) is 12.1 Å². The van der Waals surface area contributed by atoms with Crippen LogP contribution in [0.15, 0.2) is 12.1 Å². The van der Waals surface area contributed by atoms with Crippen molar-refractivity contribution in [2.45, 2.75) is 50.9 Å². The zero-order valence-electron chi connectivity index (χ0n) is 12.2. The second kappa shape index (κ2) is 6.03. The molecule has 0 aliphatic heterocycles. The average molecular weight is 421 g/mol. The highest BCUT2D eigenvalue weighted by molar-refractivity contribution is 14.1. The lowest BCUT2D eigenvalue weighted by Gasteiger charge is -2.24. The van der Waals surface area contributed by atoms with Gasteiger partial charge in [-0.15, -0.1) is 11.6 Å². The van der Waals surface area contributed by atoms with Crippen molar-refractivity contribution >= 4 is 45.2 Å². The normalized spacial score (nSPS) is 19.3. The smallest absolute Gasteiger partial charge is 0.138 e. The van der Waals surface area contributed by atoms with Crippen LogP contribution in [0.1, 0.15) is 56.8 Å². The first kappa shape index (κ1) is 15.5. The molecule has 21 heavy (non-hydrogen) atoms. The summed E-state index contributed by atoms with van der Waals surface area (Å²) in [5, 5.41) is -0.179. The van der Waals surface area contributed by atoms with E-state index in [0.29, 0.717) is 15.5 Å². The number of hydrogen-bond acceptors (Lipinski definition) is 1. The van der Waals surface area contributed by atoms with E-state index in [1.54, 1.807) is 6.07 Å². The summed E-state index contributed by atoms with van der Waals surface area (Å²) in [6.45, 7) is 4.15. The third-order valence-corrected chi connectivity index (χ3v) is 5.63. The maximum atomic E-state index is 14.0. The fraction of sp³-hybridized carbons (Fsp3) is 0.562. The highest BCUT2D eigenvalue weighted by Gasteiger charge is 2.27. The monoisotopic (exact) mass is 420 g/mol. The molecular formula is C16H19ClFIN2. The number of nitrogens with zero attached hydrogens (tertiary/aromatic N) is 2. The standard InChI is InChI=1S/C16H19ClFIN2/c1-9(17)16-20-14-8-13(19)12(18)7-15(14)21(16)10(2)11-5-3-4-6-11/h7-11H,3-6H2,1-2H3. The molecule has 0 radical (unpaired) electrons. The number of aromatic nitrogens is 2. The van der Waals surface area contributed by atoms with Crippen LogP contribution in [0.5, 0.6) is 0 Å². The van der Waals surface area contributed by atoms with Crippen LogP contribution in [0.3, 0.4) is 0 Å². The molecule has 5 heteroatoms. The summed E-state index contributed by atoms with van der Waals surface area (Å²) in [4.78, 5) is 4.67. The van der Waals surface area contributed by atoms with Crippen molar-refractivity contribution in [2.24, 2.45) is 5.92 Å². The van der Waals surface area contributed by atoms with Crippen LogP contribution in [0.4, 0.5) is 4.39 Å². The fourth-order valence-electron chi connectivity index (χ4n) is 3.47. The van der Waals surface area contributed by atoms with Gasteiger partial charge in [0.25, 0.3) is 0 Å². The summed E-state index contributed by atoms with van der Waals surface area (Å²) in [6, 6.07) is 3.73. The van der Waals surface area contributed by atoms with E-state index in [-0.39, 0.29) is 11.2 Å². The summed E-state index contributed by atoms with van der Waals surface area (Å²) < 4.78 is 16.8. The number of halogens is 3. The molecule has 2 nitrogen and oxygen atoms in total. The molecule has 1 heterocycles. The Bertz CT molecular complexity index is 662. The van der Waals surface area contributed by atoms with Gasteiger partial charge in [0.15, 0.2) is 0 Å². The Labute approximate surface area is 143 Å². The first-order chi connectivity index (χ1) is 9.99. The van der Waals surface area contributed by atoms with Gasteiger partial charge in [-0.2, -0.15) is 0 Å². The summed E-state index contributed by atoms with van der Waals surface area (Å²) in [5.41, 5.74) is 1.71. The topological polar surface area (TPSA) is 17.8 Å². The molecule has 1 aliphatic carbocycles. The molecule has 1 aliphatic rings. The Balaban J connectivity index is 2.17. The van der Waals surface area contributed by atoms with Crippen molar-refractivity contribution in [3.8, 4) is 0 Å². The number of fused-ring (bicyclic) bond motifs is 1. The second-order valence-electron chi connectivity index (χ2n) is 6.00. The molecule has 0 spiro atoms. The van der Waals surface area contributed by atoms with Crippen LogP contribution >= 0.6 is 34.2 Å². The van der Waals surface area contributed by atoms with Crippen molar-refractivity contribution in [2.75, 3.05) is 0 Å². The maximum Gasteiger partial charge on any atom is 0.138 e. The Morgan fingerprint density at radius 2 is 2.00 bits per heavy atom. The summed E-state index contributed by atoms with van der Waals surface area (Å²) >= 11 is 8.34. The third kappa shape index (κ3) is 2.81. The van der Waals surface area contributed by atoms with Gasteiger partial charge < -0.3 is 4.57 Å². The average Bonchev–Trinajstić information content (AvgIpc) is 3.06. The van der Waals surface area contributed by atoms with Gasteiger partial charge in [0.2, 0.25) is 0 Å². The van der Waals surface area contributed by atoms with Crippen molar-refractivity contribution in [1.82, 2.24) is 9.55 Å². The zero-order chi connectivity index (χ0) is 15.1. The number of imidazole rings is 1. The third-order valence-electron chi connectivity index (χ3n) is 4.60. The van der Waals surface area contributed by atoms with Crippen LogP contribution in [-0.2, 0) is 0 Å². The lowest BCUT2D eigenvalue weighted by molar-refractivity contribution is 0.359. The summed E-state index contributed by atoms with van der Waals surface area (Å²) in [6.07, 6.45) is 5.06. The molecule has 114 valence electrons. The van der Waals surface area contributed by atoms with Crippen LogP contribution in [0.2, 0.25) is 0 Å². The van der Waals surface area contributed by atoms with Gasteiger partial charge in [-0.05, 0) is 61.3 Å². The van der Waals surface area contributed by atoms with Crippen molar-refractivity contribution < 1.29 is 4.39 Å². The maximum absolute atomic E-state index is 14.0. The first-order valence-corrected chi connectivity index (χ1v) is 9.01. The van der Waals surface area contributed by atoms with E-state index in [0.717, 1.165) is 16.9 Å². The lowest BCUT2D eigenvalue weighted by atomic mass is 9.99. The number of hydrogen-bond donors (Lipinski definition) is 0. The number of benzene rings is 1. The predicted octanol–water partition coefficient (Wildman–Crippen LogP) is 5.83. The zero-order valence-corrected chi connectivity index (χ0v) is 15.2. The van der Waals surface area contributed by atoms with E-state index in [1.807, 2.05) is 35.6 Å². The Hall–Kier alpha value is -0.360. The van der Waals surface area contributed by atoms with Crippen LogP contribution in [-0.4, -0.2) is 9.55 Å². The molecule has 1 saturated carbocycles. The van der Waals surface area contributed by atoms with Crippen molar-refractivity contribution in [3.05, 3.63) is 27.3 Å². The van der Waals surface area contributed by atoms with E-state index in [9.17, 15) is 4.39 Å². The van der Waals surface area contributed by atoms with Gasteiger partial charge in [-0.1, -0.05) is 12.8 Å². The van der Waals surface area contributed by atoms with E-state index in [4.69, 9.17) is 11.6 Å². The quantitative estimate of drug-likeness (QED) is 0.451. The van der Waals surface area contributed by atoms with Crippen LogP contribution < -0.4 is 0 Å². The number of alkyl halides is 1. The molecule has 1 fully saturated rings. The Morgan fingerprint density at radius 1 is 1.33 bits per heavy atom. The number of rotatable bonds is 3. The molecule has 0 bridgehead atoms. The van der Waals surface area contributed by atoms with E-state index >= 15 is 0 Å². The van der Waals surface area contributed by atoms with Gasteiger partial charge in [0.1, 0.15) is 11.6 Å². The predicted molar refractivity (Wildman–Crippen MR) is 93.3 cm³/mol.